The average molecular weight is 212 g/mol. The molecule has 0 aliphatic carbocycles. The van der Waals surface area contributed by atoms with E-state index in [4.69, 9.17) is 0 Å². The van der Waals surface area contributed by atoms with E-state index < -0.39 is 0 Å². The van der Waals surface area contributed by atoms with Gasteiger partial charge in [-0.05, 0) is 25.1 Å². The second-order valence-electron chi connectivity index (χ2n) is 2.38. The van der Waals surface area contributed by atoms with Crippen LogP contribution in [0.3, 0.4) is 0 Å². The number of hydrogen-bond acceptors (Lipinski definition) is 1. The van der Waals surface area contributed by atoms with Crippen LogP contribution in [0.15, 0.2) is 30.0 Å². The molecule has 0 saturated heterocycles. The minimum absolute atomic E-state index is 0.906. The van der Waals surface area contributed by atoms with Gasteiger partial charge in [-0.3, -0.25) is 4.98 Å². The van der Waals surface area contributed by atoms with Crippen LogP contribution in [-0.2, 0) is 0 Å². The molecular formula is C9H10BrN. The third-order valence-electron chi connectivity index (χ3n) is 1.29. The number of rotatable bonds is 2. The smallest absolute Gasteiger partial charge is 0.0629 e. The summed E-state index contributed by atoms with van der Waals surface area (Å²) in [6, 6.07) is 5.90. The highest BCUT2D eigenvalue weighted by molar-refractivity contribution is 9.09. The molecule has 1 heterocycles. The van der Waals surface area contributed by atoms with E-state index >= 15 is 0 Å². The number of allylic oxidation sites excluding steroid dienone is 1. The van der Waals surface area contributed by atoms with Crippen molar-refractivity contribution in [3.8, 4) is 0 Å². The zero-order chi connectivity index (χ0) is 8.10. The Hall–Kier alpha value is -0.630. The quantitative estimate of drug-likeness (QED) is 0.687. The van der Waals surface area contributed by atoms with E-state index in [2.05, 4.69) is 33.9 Å². The monoisotopic (exact) mass is 211 g/mol. The molecule has 0 aliphatic rings. The third kappa shape index (κ3) is 2.85. The first-order valence-corrected chi connectivity index (χ1v) is 4.59. The number of alkyl halides is 1. The number of aromatic nitrogens is 1. The van der Waals surface area contributed by atoms with E-state index in [0.29, 0.717) is 0 Å². The molecule has 0 radical (unpaired) electrons. The van der Waals surface area contributed by atoms with Crippen LogP contribution in [0.25, 0.3) is 6.08 Å². The predicted molar refractivity (Wildman–Crippen MR) is 51.7 cm³/mol. The van der Waals surface area contributed by atoms with Crippen molar-refractivity contribution >= 4 is 22.0 Å². The van der Waals surface area contributed by atoms with Crippen LogP contribution in [-0.4, -0.2) is 10.3 Å². The van der Waals surface area contributed by atoms with Crippen molar-refractivity contribution < 1.29 is 0 Å². The molecule has 0 unspecified atom stereocenters. The first-order valence-electron chi connectivity index (χ1n) is 3.47. The zero-order valence-electron chi connectivity index (χ0n) is 6.42. The molecule has 0 bridgehead atoms. The van der Waals surface area contributed by atoms with Gasteiger partial charge in [0, 0.05) is 11.5 Å². The molecule has 0 spiro atoms. The summed E-state index contributed by atoms with van der Waals surface area (Å²) in [4.78, 5) is 4.17. The van der Waals surface area contributed by atoms with Crippen molar-refractivity contribution in [1.29, 1.82) is 0 Å². The zero-order valence-corrected chi connectivity index (χ0v) is 8.01. The lowest BCUT2D eigenvalue weighted by atomic mass is 10.2. The summed E-state index contributed by atoms with van der Waals surface area (Å²) < 4.78 is 0. The van der Waals surface area contributed by atoms with E-state index in [9.17, 15) is 0 Å². The summed E-state index contributed by atoms with van der Waals surface area (Å²) in [6.07, 6.45) is 3.86. The van der Waals surface area contributed by atoms with Crippen LogP contribution in [0, 0.1) is 0 Å². The molecule has 0 N–H and O–H groups in total. The van der Waals surface area contributed by atoms with Crippen LogP contribution in [0.1, 0.15) is 12.6 Å². The third-order valence-corrected chi connectivity index (χ3v) is 2.18. The van der Waals surface area contributed by atoms with Gasteiger partial charge in [-0.15, -0.1) is 0 Å². The van der Waals surface area contributed by atoms with Gasteiger partial charge >= 0.3 is 0 Å². The largest absolute Gasteiger partial charge is 0.257 e. The van der Waals surface area contributed by atoms with Gasteiger partial charge in [-0.25, -0.2) is 0 Å². The Morgan fingerprint density at radius 1 is 1.64 bits per heavy atom. The number of hydrogen-bond donors (Lipinski definition) is 0. The minimum atomic E-state index is 0.906. The number of halogens is 1. The molecule has 58 valence electrons. The Kier molecular flexibility index (Phi) is 3.30. The van der Waals surface area contributed by atoms with E-state index in [1.54, 1.807) is 6.20 Å². The molecule has 1 nitrogen and oxygen atoms in total. The van der Waals surface area contributed by atoms with Crippen LogP contribution in [0.4, 0.5) is 0 Å². The Balaban J connectivity index is 2.79. The topological polar surface area (TPSA) is 12.9 Å². The molecule has 0 fully saturated rings. The van der Waals surface area contributed by atoms with E-state index in [0.717, 1.165) is 11.0 Å². The summed E-state index contributed by atoms with van der Waals surface area (Å²) >= 11 is 3.38. The molecule has 1 aromatic rings. The predicted octanol–water partition coefficient (Wildman–Crippen LogP) is 2.88. The molecule has 0 amide bonds. The molecule has 0 saturated carbocycles. The highest BCUT2D eigenvalue weighted by Gasteiger charge is 1.87. The van der Waals surface area contributed by atoms with Crippen molar-refractivity contribution in [2.24, 2.45) is 0 Å². The van der Waals surface area contributed by atoms with Gasteiger partial charge in [0.15, 0.2) is 0 Å². The molecule has 1 rings (SSSR count). The van der Waals surface area contributed by atoms with Gasteiger partial charge < -0.3 is 0 Å². The van der Waals surface area contributed by atoms with E-state index in [1.807, 2.05) is 18.2 Å². The SMILES string of the molecule is C/C(=C/c1ccccn1)CBr. The van der Waals surface area contributed by atoms with Gasteiger partial charge in [-0.1, -0.05) is 27.6 Å². The first kappa shape index (κ1) is 8.47. The molecule has 2 heteroatoms. The fraction of sp³-hybridized carbons (Fsp3) is 0.222. The highest BCUT2D eigenvalue weighted by atomic mass is 79.9. The normalized spacial score (nSPS) is 11.6. The minimum Gasteiger partial charge on any atom is -0.257 e. The standard InChI is InChI=1S/C9H10BrN/c1-8(7-10)6-9-4-2-3-5-11-9/h2-6H,7H2,1H3/b8-6-. The Bertz CT molecular complexity index is 241. The van der Waals surface area contributed by atoms with Crippen LogP contribution in [0.5, 0.6) is 0 Å². The van der Waals surface area contributed by atoms with Crippen molar-refractivity contribution in [1.82, 2.24) is 4.98 Å². The summed E-state index contributed by atoms with van der Waals surface area (Å²) in [6.45, 7) is 2.07. The van der Waals surface area contributed by atoms with Crippen molar-refractivity contribution in [3.05, 3.63) is 35.7 Å². The molecule has 0 aromatic carbocycles. The maximum Gasteiger partial charge on any atom is 0.0629 e. The van der Waals surface area contributed by atoms with Gasteiger partial charge in [0.05, 0.1) is 5.69 Å². The van der Waals surface area contributed by atoms with Gasteiger partial charge in [0.1, 0.15) is 0 Å². The van der Waals surface area contributed by atoms with E-state index in [-0.39, 0.29) is 0 Å². The second-order valence-corrected chi connectivity index (χ2v) is 2.94. The van der Waals surface area contributed by atoms with Crippen LogP contribution >= 0.6 is 15.9 Å². The summed E-state index contributed by atoms with van der Waals surface area (Å²) in [5.41, 5.74) is 2.30. The maximum atomic E-state index is 4.17. The molecule has 1 aromatic heterocycles. The van der Waals surface area contributed by atoms with Gasteiger partial charge in [0.25, 0.3) is 0 Å². The summed E-state index contributed by atoms with van der Waals surface area (Å²) in [5, 5.41) is 0.906. The fourth-order valence-corrected chi connectivity index (χ4v) is 0.914. The number of pyridine rings is 1. The molecular weight excluding hydrogens is 202 g/mol. The maximum absolute atomic E-state index is 4.17. The van der Waals surface area contributed by atoms with Crippen molar-refractivity contribution in [2.75, 3.05) is 5.33 Å². The summed E-state index contributed by atoms with van der Waals surface area (Å²) in [7, 11) is 0. The Morgan fingerprint density at radius 2 is 2.45 bits per heavy atom. The first-order chi connectivity index (χ1) is 5.33. The van der Waals surface area contributed by atoms with Crippen LogP contribution in [0.2, 0.25) is 0 Å². The number of nitrogens with zero attached hydrogens (tertiary/aromatic N) is 1. The molecule has 0 atom stereocenters. The lowest BCUT2D eigenvalue weighted by Crippen LogP contribution is -1.80. The fourth-order valence-electron chi connectivity index (χ4n) is 0.752. The Labute approximate surface area is 75.3 Å². The van der Waals surface area contributed by atoms with E-state index in [1.165, 1.54) is 5.57 Å². The van der Waals surface area contributed by atoms with Crippen molar-refractivity contribution in [2.45, 2.75) is 6.92 Å². The average Bonchev–Trinajstić information content (AvgIpc) is 2.06. The van der Waals surface area contributed by atoms with Gasteiger partial charge in [0.2, 0.25) is 0 Å². The molecule has 11 heavy (non-hydrogen) atoms. The highest BCUT2D eigenvalue weighted by Crippen LogP contribution is 2.04. The summed E-state index contributed by atoms with van der Waals surface area (Å²) in [5.74, 6) is 0. The van der Waals surface area contributed by atoms with Gasteiger partial charge in [-0.2, -0.15) is 0 Å². The molecule has 0 aliphatic heterocycles. The van der Waals surface area contributed by atoms with Crippen molar-refractivity contribution in [3.63, 3.8) is 0 Å². The second kappa shape index (κ2) is 4.29. The van der Waals surface area contributed by atoms with Crippen LogP contribution < -0.4 is 0 Å². The lowest BCUT2D eigenvalue weighted by Gasteiger charge is -1.93. The Morgan fingerprint density at radius 3 is 3.00 bits per heavy atom. The lowest BCUT2D eigenvalue weighted by molar-refractivity contribution is 1.28.